The molecule has 0 aromatic carbocycles. The third kappa shape index (κ3) is 41.7. The Morgan fingerprint density at radius 3 is 1.71 bits per heavy atom. The highest BCUT2D eigenvalue weighted by atomic mass is 19.0. The fourth-order valence-electron chi connectivity index (χ4n) is 0. The van der Waals surface area contributed by atoms with Crippen LogP contribution < -0.4 is 0 Å². The monoisotopic (exact) mass is 112 g/mol. The van der Waals surface area contributed by atoms with E-state index in [4.69, 9.17) is 5.11 Å². The zero-order chi connectivity index (χ0) is 4.28. The molecule has 1 N–H and O–H groups in total. The Balaban J connectivity index is -0.0000000800. The number of carboxylic acids is 1. The zero-order valence-electron chi connectivity index (χ0n) is 3.46. The fraction of sp³-hybridized carbons (Fsp3) is 0. The van der Waals surface area contributed by atoms with E-state index < -0.39 is 5.97 Å². The molecule has 0 aliphatic heterocycles. The zero-order valence-corrected chi connectivity index (χ0v) is 3.46. The minimum atomic E-state index is -0.981. The molecule has 0 aliphatic rings. The van der Waals surface area contributed by atoms with E-state index in [1.807, 2.05) is 0 Å². The van der Waals surface area contributed by atoms with E-state index >= 15 is 0 Å². The summed E-state index contributed by atoms with van der Waals surface area (Å²) in [5.74, 6) is -0.981. The van der Waals surface area contributed by atoms with Gasteiger partial charge in [0.25, 0.3) is 0 Å². The van der Waals surface area contributed by atoms with E-state index in [2.05, 4.69) is 6.58 Å². The standard InChI is InChI=1S/C3H4O2.2FH/c1-2-3(4)5;;/h2H,1H2,(H,4,5);2*1H. The first-order valence-electron chi connectivity index (χ1n) is 1.12. The summed E-state index contributed by atoms with van der Waals surface area (Å²) >= 11 is 0. The van der Waals surface area contributed by atoms with Gasteiger partial charge in [-0.25, -0.2) is 4.79 Å². The molecule has 0 fully saturated rings. The van der Waals surface area contributed by atoms with Crippen LogP contribution in [0, 0.1) is 0 Å². The number of carbonyl (C=O) groups is 1. The highest BCUT2D eigenvalue weighted by Gasteiger charge is 1.73. The topological polar surface area (TPSA) is 37.3 Å². The van der Waals surface area contributed by atoms with Gasteiger partial charge in [0.2, 0.25) is 0 Å². The Kier molecular flexibility index (Phi) is 21.1. The molecule has 7 heavy (non-hydrogen) atoms. The highest BCUT2D eigenvalue weighted by Crippen LogP contribution is 1.54. The van der Waals surface area contributed by atoms with Crippen molar-refractivity contribution < 1.29 is 19.3 Å². The summed E-state index contributed by atoms with van der Waals surface area (Å²) in [4.78, 5) is 9.25. The molecule has 0 unspecified atom stereocenters. The Bertz CT molecular complexity index is 62.0. The van der Waals surface area contributed by atoms with Gasteiger partial charge >= 0.3 is 5.97 Å². The molecule has 4 heteroatoms. The fourth-order valence-corrected chi connectivity index (χ4v) is 0. The summed E-state index contributed by atoms with van der Waals surface area (Å²) in [5, 5.41) is 7.60. The average molecular weight is 112 g/mol. The Labute approximate surface area is 39.2 Å². The largest absolute Gasteiger partial charge is 0.478 e. The lowest BCUT2D eigenvalue weighted by atomic mass is 10.7. The van der Waals surface area contributed by atoms with Crippen LogP contribution in [-0.2, 0) is 4.79 Å². The predicted octanol–water partition coefficient (Wildman–Crippen LogP) is 0.562. The van der Waals surface area contributed by atoms with Crippen LogP contribution in [0.5, 0.6) is 0 Å². The highest BCUT2D eigenvalue weighted by molar-refractivity contribution is 5.78. The molecule has 0 heterocycles. The van der Waals surface area contributed by atoms with Crippen molar-refractivity contribution in [3.63, 3.8) is 0 Å². The normalized spacial score (nSPS) is 4.57. The van der Waals surface area contributed by atoms with Crippen molar-refractivity contribution in [2.75, 3.05) is 0 Å². The van der Waals surface area contributed by atoms with E-state index in [-0.39, 0.29) is 9.41 Å². The first kappa shape index (κ1) is 16.6. The maximum atomic E-state index is 9.25. The van der Waals surface area contributed by atoms with E-state index in [1.165, 1.54) is 0 Å². The van der Waals surface area contributed by atoms with Crippen LogP contribution in [0.3, 0.4) is 0 Å². The average Bonchev–Trinajstić information content (AvgIpc) is 1.38. The molecule has 0 aromatic rings. The molecule has 0 radical (unpaired) electrons. The Hall–Kier alpha value is -0.930. The van der Waals surface area contributed by atoms with Gasteiger partial charge in [0.05, 0.1) is 0 Å². The second-order valence-corrected chi connectivity index (χ2v) is 0.542. The van der Waals surface area contributed by atoms with Gasteiger partial charge in [0.1, 0.15) is 0 Å². The van der Waals surface area contributed by atoms with E-state index in [0.29, 0.717) is 0 Å². The van der Waals surface area contributed by atoms with Crippen LogP contribution in [0.2, 0.25) is 0 Å². The minimum Gasteiger partial charge on any atom is -0.478 e. The van der Waals surface area contributed by atoms with Gasteiger partial charge in [0, 0.05) is 6.08 Å². The molecule has 0 spiro atoms. The summed E-state index contributed by atoms with van der Waals surface area (Å²) < 4.78 is 0. The maximum absolute atomic E-state index is 9.25. The van der Waals surface area contributed by atoms with E-state index in [1.54, 1.807) is 0 Å². The predicted molar refractivity (Wildman–Crippen MR) is 22.8 cm³/mol. The van der Waals surface area contributed by atoms with Crippen molar-refractivity contribution in [2.24, 2.45) is 0 Å². The summed E-state index contributed by atoms with van der Waals surface area (Å²) in [6.07, 6.45) is 0.833. The molecule has 0 atom stereocenters. The summed E-state index contributed by atoms with van der Waals surface area (Å²) in [5.41, 5.74) is 0. The molecule has 0 aromatic heterocycles. The number of carboxylic acid groups (broad SMARTS) is 1. The van der Waals surface area contributed by atoms with Crippen molar-refractivity contribution in [1.29, 1.82) is 0 Å². The van der Waals surface area contributed by atoms with Gasteiger partial charge in [-0.1, -0.05) is 6.58 Å². The Morgan fingerprint density at radius 1 is 1.57 bits per heavy atom. The molecule has 0 saturated heterocycles. The van der Waals surface area contributed by atoms with Crippen LogP contribution in [0.25, 0.3) is 0 Å². The molecule has 0 amide bonds. The van der Waals surface area contributed by atoms with Crippen molar-refractivity contribution in [2.45, 2.75) is 0 Å². The molecule has 0 rings (SSSR count). The van der Waals surface area contributed by atoms with E-state index in [0.717, 1.165) is 6.08 Å². The first-order chi connectivity index (χ1) is 2.27. The minimum absolute atomic E-state index is 0. The van der Waals surface area contributed by atoms with E-state index in [9.17, 15) is 4.79 Å². The van der Waals surface area contributed by atoms with Gasteiger partial charge in [-0.05, 0) is 0 Å². The van der Waals surface area contributed by atoms with Crippen molar-refractivity contribution >= 4 is 5.97 Å². The number of hydrogen-bond donors (Lipinski definition) is 1. The van der Waals surface area contributed by atoms with Gasteiger partial charge < -0.3 is 5.11 Å². The van der Waals surface area contributed by atoms with Crippen molar-refractivity contribution in [3.05, 3.63) is 12.7 Å². The van der Waals surface area contributed by atoms with Gasteiger partial charge in [0.15, 0.2) is 0 Å². The third-order valence-corrected chi connectivity index (χ3v) is 0.175. The molecule has 0 aliphatic carbocycles. The summed E-state index contributed by atoms with van der Waals surface area (Å²) in [7, 11) is 0. The van der Waals surface area contributed by atoms with Gasteiger partial charge in [-0.3, -0.25) is 9.41 Å². The lowest BCUT2D eigenvalue weighted by Gasteiger charge is -1.64. The first-order valence-corrected chi connectivity index (χ1v) is 1.12. The number of halogens is 2. The van der Waals surface area contributed by atoms with Crippen LogP contribution in [0.1, 0.15) is 0 Å². The molecular formula is C3H6F2O2. The number of hydrogen-bond acceptors (Lipinski definition) is 1. The SMILES string of the molecule is C=CC(=O)O.F.F. The summed E-state index contributed by atoms with van der Waals surface area (Å²) in [6, 6.07) is 0. The van der Waals surface area contributed by atoms with Crippen LogP contribution in [0.4, 0.5) is 9.41 Å². The lowest BCUT2D eigenvalue weighted by molar-refractivity contribution is -0.131. The summed E-state index contributed by atoms with van der Waals surface area (Å²) in [6.45, 7) is 2.96. The molecular weight excluding hydrogens is 106 g/mol. The number of aliphatic carboxylic acids is 1. The second kappa shape index (κ2) is 8.91. The molecule has 2 nitrogen and oxygen atoms in total. The molecule has 44 valence electrons. The van der Waals surface area contributed by atoms with Crippen LogP contribution >= 0.6 is 0 Å². The van der Waals surface area contributed by atoms with Crippen molar-refractivity contribution in [3.8, 4) is 0 Å². The third-order valence-electron chi connectivity index (χ3n) is 0.175. The van der Waals surface area contributed by atoms with Gasteiger partial charge in [-0.2, -0.15) is 0 Å². The second-order valence-electron chi connectivity index (χ2n) is 0.542. The maximum Gasteiger partial charge on any atom is 0.327 e. The number of rotatable bonds is 1. The lowest BCUT2D eigenvalue weighted by Crippen LogP contribution is -1.82. The smallest absolute Gasteiger partial charge is 0.327 e. The quantitative estimate of drug-likeness (QED) is 0.503. The van der Waals surface area contributed by atoms with Gasteiger partial charge in [-0.15, -0.1) is 0 Å². The van der Waals surface area contributed by atoms with Crippen LogP contribution in [0.15, 0.2) is 12.7 Å². The van der Waals surface area contributed by atoms with Crippen LogP contribution in [-0.4, -0.2) is 11.1 Å². The molecule has 0 bridgehead atoms. The molecule has 0 saturated carbocycles. The Morgan fingerprint density at radius 2 is 1.71 bits per heavy atom. The van der Waals surface area contributed by atoms with Crippen molar-refractivity contribution in [1.82, 2.24) is 0 Å².